The Bertz CT molecular complexity index is 797. The van der Waals surface area contributed by atoms with Gasteiger partial charge in [-0.3, -0.25) is 10.1 Å². The van der Waals surface area contributed by atoms with E-state index in [1.165, 1.54) is 0 Å². The molecular weight excluding hydrogens is 344 g/mol. The summed E-state index contributed by atoms with van der Waals surface area (Å²) < 4.78 is 10.5. The average molecular weight is 370 g/mol. The third kappa shape index (κ3) is 6.66. The molecule has 2 aromatic rings. The first-order valence-electron chi connectivity index (χ1n) is 8.78. The maximum atomic E-state index is 12.4. The summed E-state index contributed by atoms with van der Waals surface area (Å²) in [7, 11) is 1.63. The van der Waals surface area contributed by atoms with E-state index in [2.05, 4.69) is 10.6 Å². The Morgan fingerprint density at radius 1 is 1.04 bits per heavy atom. The fourth-order valence-corrected chi connectivity index (χ4v) is 2.48. The van der Waals surface area contributed by atoms with Crippen LogP contribution in [0.25, 0.3) is 0 Å². The van der Waals surface area contributed by atoms with Crippen molar-refractivity contribution >= 4 is 17.7 Å². The molecule has 0 unspecified atom stereocenters. The number of carbonyl (C=O) groups is 2. The third-order valence-electron chi connectivity index (χ3n) is 3.64. The van der Waals surface area contributed by atoms with E-state index in [1.807, 2.05) is 24.3 Å². The number of para-hydroxylation sites is 1. The number of ether oxygens (including phenoxy) is 2. The van der Waals surface area contributed by atoms with Gasteiger partial charge in [0, 0.05) is 17.8 Å². The number of benzene rings is 2. The lowest BCUT2D eigenvalue weighted by atomic mass is 10.1. The predicted molar refractivity (Wildman–Crippen MR) is 105 cm³/mol. The highest BCUT2D eigenvalue weighted by Crippen LogP contribution is 2.17. The van der Waals surface area contributed by atoms with Crippen LogP contribution in [0.4, 0.5) is 10.5 Å². The van der Waals surface area contributed by atoms with Gasteiger partial charge in [0.05, 0.1) is 7.11 Å². The predicted octanol–water partition coefficient (Wildman–Crippen LogP) is 4.01. The number of methoxy groups -OCH3 is 1. The summed E-state index contributed by atoms with van der Waals surface area (Å²) >= 11 is 0. The Balaban J connectivity index is 1.92. The molecule has 2 N–H and O–H groups in total. The maximum absolute atomic E-state index is 12.4. The summed E-state index contributed by atoms with van der Waals surface area (Å²) in [6.07, 6.45) is 0.0993. The molecule has 0 aliphatic rings. The van der Waals surface area contributed by atoms with E-state index in [0.717, 1.165) is 11.3 Å². The normalized spacial score (nSPS) is 10.8. The fraction of sp³-hybridized carbons (Fsp3) is 0.333. The van der Waals surface area contributed by atoms with Crippen molar-refractivity contribution in [1.29, 1.82) is 0 Å². The monoisotopic (exact) mass is 370 g/mol. The SMILES string of the molecule is COc1ccccc1CCNC(=O)c1cccc(NC(=O)OC(C)(C)C)c1. The van der Waals surface area contributed by atoms with Gasteiger partial charge in [-0.25, -0.2) is 4.79 Å². The third-order valence-corrected chi connectivity index (χ3v) is 3.64. The molecule has 0 fully saturated rings. The van der Waals surface area contributed by atoms with Gasteiger partial charge < -0.3 is 14.8 Å². The quantitative estimate of drug-likeness (QED) is 0.805. The van der Waals surface area contributed by atoms with Crippen LogP contribution in [-0.4, -0.2) is 31.3 Å². The Morgan fingerprint density at radius 3 is 2.48 bits per heavy atom. The van der Waals surface area contributed by atoms with Crippen molar-refractivity contribution < 1.29 is 19.1 Å². The van der Waals surface area contributed by atoms with Crippen LogP contribution in [0.5, 0.6) is 5.75 Å². The van der Waals surface area contributed by atoms with E-state index in [-0.39, 0.29) is 5.91 Å². The molecule has 0 aromatic heterocycles. The molecule has 0 heterocycles. The number of anilines is 1. The molecule has 0 atom stereocenters. The standard InChI is InChI=1S/C21H26N2O4/c1-21(2,3)27-20(25)23-17-10-7-9-16(14-17)19(24)22-13-12-15-8-5-6-11-18(15)26-4/h5-11,14H,12-13H2,1-4H3,(H,22,24)(H,23,25). The molecule has 0 spiro atoms. The van der Waals surface area contributed by atoms with Crippen LogP contribution in [0, 0.1) is 0 Å². The molecule has 2 rings (SSSR count). The minimum atomic E-state index is -0.586. The highest BCUT2D eigenvalue weighted by molar-refractivity contribution is 5.96. The summed E-state index contributed by atoms with van der Waals surface area (Å²) in [6, 6.07) is 14.4. The molecule has 0 radical (unpaired) electrons. The Hall–Kier alpha value is -3.02. The summed E-state index contributed by atoms with van der Waals surface area (Å²) in [6.45, 7) is 5.84. The number of hydrogen-bond donors (Lipinski definition) is 2. The molecule has 0 aliphatic heterocycles. The van der Waals surface area contributed by atoms with Crippen molar-refractivity contribution in [2.45, 2.75) is 32.8 Å². The molecule has 0 bridgehead atoms. The second-order valence-electron chi connectivity index (χ2n) is 7.03. The molecule has 144 valence electrons. The van der Waals surface area contributed by atoms with Gasteiger partial charge in [0.25, 0.3) is 5.91 Å². The second-order valence-corrected chi connectivity index (χ2v) is 7.03. The van der Waals surface area contributed by atoms with Gasteiger partial charge in [-0.1, -0.05) is 24.3 Å². The van der Waals surface area contributed by atoms with Gasteiger partial charge in [0.1, 0.15) is 11.4 Å². The molecule has 6 heteroatoms. The van der Waals surface area contributed by atoms with Crippen LogP contribution in [-0.2, 0) is 11.2 Å². The number of rotatable bonds is 6. The van der Waals surface area contributed by atoms with E-state index >= 15 is 0 Å². The summed E-state index contributed by atoms with van der Waals surface area (Å²) in [5, 5.41) is 5.51. The van der Waals surface area contributed by atoms with Crippen molar-refractivity contribution in [3.8, 4) is 5.75 Å². The topological polar surface area (TPSA) is 76.7 Å². The number of nitrogens with one attached hydrogen (secondary N) is 2. The van der Waals surface area contributed by atoms with E-state index in [0.29, 0.717) is 24.2 Å². The van der Waals surface area contributed by atoms with Crippen molar-refractivity contribution in [3.63, 3.8) is 0 Å². The van der Waals surface area contributed by atoms with Gasteiger partial charge in [-0.2, -0.15) is 0 Å². The van der Waals surface area contributed by atoms with E-state index in [1.54, 1.807) is 52.1 Å². The lowest BCUT2D eigenvalue weighted by molar-refractivity contribution is 0.0635. The van der Waals surface area contributed by atoms with Crippen molar-refractivity contribution in [1.82, 2.24) is 5.32 Å². The first-order valence-corrected chi connectivity index (χ1v) is 8.78. The Labute approximate surface area is 159 Å². The molecule has 27 heavy (non-hydrogen) atoms. The van der Waals surface area contributed by atoms with Crippen LogP contribution >= 0.6 is 0 Å². The molecule has 6 nitrogen and oxygen atoms in total. The molecular formula is C21H26N2O4. The van der Waals surface area contributed by atoms with Crippen molar-refractivity contribution in [2.75, 3.05) is 19.0 Å². The number of hydrogen-bond acceptors (Lipinski definition) is 4. The molecule has 0 saturated carbocycles. The van der Waals surface area contributed by atoms with Gasteiger partial charge >= 0.3 is 6.09 Å². The van der Waals surface area contributed by atoms with Crippen LogP contribution < -0.4 is 15.4 Å². The minimum absolute atomic E-state index is 0.210. The highest BCUT2D eigenvalue weighted by atomic mass is 16.6. The summed E-state index contributed by atoms with van der Waals surface area (Å²) in [5.41, 5.74) is 1.41. The van der Waals surface area contributed by atoms with Crippen LogP contribution in [0.15, 0.2) is 48.5 Å². The van der Waals surface area contributed by atoms with Crippen molar-refractivity contribution in [3.05, 3.63) is 59.7 Å². The lowest BCUT2D eigenvalue weighted by Crippen LogP contribution is -2.28. The van der Waals surface area contributed by atoms with E-state index in [9.17, 15) is 9.59 Å². The molecule has 2 aromatic carbocycles. The smallest absolute Gasteiger partial charge is 0.412 e. The summed E-state index contributed by atoms with van der Waals surface area (Å²) in [5.74, 6) is 0.591. The van der Waals surface area contributed by atoms with E-state index < -0.39 is 11.7 Å². The maximum Gasteiger partial charge on any atom is 0.412 e. The minimum Gasteiger partial charge on any atom is -0.496 e. The zero-order valence-corrected chi connectivity index (χ0v) is 16.2. The van der Waals surface area contributed by atoms with Gasteiger partial charge in [-0.05, 0) is 57.0 Å². The van der Waals surface area contributed by atoms with E-state index in [4.69, 9.17) is 9.47 Å². The van der Waals surface area contributed by atoms with Crippen molar-refractivity contribution in [2.24, 2.45) is 0 Å². The Kier molecular flexibility index (Phi) is 6.82. The largest absolute Gasteiger partial charge is 0.496 e. The first-order chi connectivity index (χ1) is 12.8. The molecule has 2 amide bonds. The highest BCUT2D eigenvalue weighted by Gasteiger charge is 2.16. The first kappa shape index (κ1) is 20.3. The van der Waals surface area contributed by atoms with Gasteiger partial charge in [0.2, 0.25) is 0 Å². The zero-order chi connectivity index (χ0) is 19.9. The lowest BCUT2D eigenvalue weighted by Gasteiger charge is -2.19. The Morgan fingerprint density at radius 2 is 1.78 bits per heavy atom. The average Bonchev–Trinajstić information content (AvgIpc) is 2.60. The van der Waals surface area contributed by atoms with Crippen LogP contribution in [0.2, 0.25) is 0 Å². The summed E-state index contributed by atoms with van der Waals surface area (Å²) in [4.78, 5) is 24.2. The zero-order valence-electron chi connectivity index (χ0n) is 16.2. The second kappa shape index (κ2) is 9.07. The molecule has 0 aliphatic carbocycles. The van der Waals surface area contributed by atoms with Crippen LogP contribution in [0.1, 0.15) is 36.7 Å². The number of carbonyl (C=O) groups excluding carboxylic acids is 2. The number of amides is 2. The van der Waals surface area contributed by atoms with Gasteiger partial charge in [-0.15, -0.1) is 0 Å². The fourth-order valence-electron chi connectivity index (χ4n) is 2.48. The van der Waals surface area contributed by atoms with Gasteiger partial charge in [0.15, 0.2) is 0 Å². The molecule has 0 saturated heterocycles. The van der Waals surface area contributed by atoms with Crippen LogP contribution in [0.3, 0.4) is 0 Å².